The van der Waals surface area contributed by atoms with Crippen LogP contribution in [0, 0.1) is 6.92 Å². The smallest absolute Gasteiger partial charge is 0.0704 e. The zero-order chi connectivity index (χ0) is 14.2. The maximum atomic E-state index is 6.38. The third kappa shape index (κ3) is 3.28. The first-order chi connectivity index (χ1) is 8.79. The number of nitrogens with two attached hydrogens (primary N) is 1. The third-order valence-electron chi connectivity index (χ3n) is 3.40. The highest BCUT2D eigenvalue weighted by Gasteiger charge is 2.17. The summed E-state index contributed by atoms with van der Waals surface area (Å²) in [5, 5.41) is 0. The van der Waals surface area contributed by atoms with Gasteiger partial charge in [-0.25, -0.2) is 0 Å². The summed E-state index contributed by atoms with van der Waals surface area (Å²) in [5.41, 5.74) is 10.3. The van der Waals surface area contributed by atoms with Crippen molar-refractivity contribution in [1.29, 1.82) is 0 Å². The van der Waals surface area contributed by atoms with E-state index in [9.17, 15) is 0 Å². The van der Waals surface area contributed by atoms with Gasteiger partial charge in [0.15, 0.2) is 0 Å². The van der Waals surface area contributed by atoms with Crippen LogP contribution < -0.4 is 5.73 Å². The van der Waals surface area contributed by atoms with Crippen molar-refractivity contribution in [3.05, 3.63) is 55.7 Å². The van der Waals surface area contributed by atoms with E-state index in [0.717, 1.165) is 3.79 Å². The van der Waals surface area contributed by atoms with Crippen LogP contribution in [-0.4, -0.2) is 0 Å². The van der Waals surface area contributed by atoms with E-state index in [1.54, 1.807) is 11.3 Å². The van der Waals surface area contributed by atoms with Gasteiger partial charge in [-0.2, -0.15) is 0 Å². The lowest BCUT2D eigenvalue weighted by atomic mass is 9.86. The molecule has 0 amide bonds. The molecule has 2 N–H and O–H groups in total. The average molecular weight is 338 g/mol. The molecular weight excluding hydrogens is 318 g/mol. The zero-order valence-corrected chi connectivity index (χ0v) is 14.2. The molecule has 1 unspecified atom stereocenters. The zero-order valence-electron chi connectivity index (χ0n) is 11.8. The molecular formula is C16H20BrNS. The molecule has 0 aliphatic carbocycles. The van der Waals surface area contributed by atoms with Crippen LogP contribution in [-0.2, 0) is 5.41 Å². The molecule has 1 heterocycles. The SMILES string of the molecule is Cc1sc(Br)cc1C(N)c1ccc(C(C)(C)C)cc1. The minimum absolute atomic E-state index is 0.0448. The molecule has 1 aromatic carbocycles. The standard InChI is InChI=1S/C16H20BrNS/c1-10-13(9-14(17)19-10)15(18)11-5-7-12(8-6-11)16(2,3)4/h5-9,15H,18H2,1-4H3. The van der Waals surface area contributed by atoms with Gasteiger partial charge in [-0.15, -0.1) is 11.3 Å². The van der Waals surface area contributed by atoms with Crippen LogP contribution in [0.4, 0.5) is 0 Å². The monoisotopic (exact) mass is 337 g/mol. The van der Waals surface area contributed by atoms with Crippen LogP contribution in [0.5, 0.6) is 0 Å². The van der Waals surface area contributed by atoms with Gasteiger partial charge in [-0.3, -0.25) is 0 Å². The molecule has 0 radical (unpaired) electrons. The molecule has 1 atom stereocenters. The summed E-state index contributed by atoms with van der Waals surface area (Å²) in [4.78, 5) is 1.28. The van der Waals surface area contributed by atoms with Gasteiger partial charge in [-0.1, -0.05) is 45.0 Å². The first-order valence-electron chi connectivity index (χ1n) is 6.41. The van der Waals surface area contributed by atoms with Crippen molar-refractivity contribution < 1.29 is 0 Å². The van der Waals surface area contributed by atoms with Crippen LogP contribution in [0.1, 0.15) is 48.4 Å². The van der Waals surface area contributed by atoms with Gasteiger partial charge in [0.2, 0.25) is 0 Å². The van der Waals surface area contributed by atoms with Crippen molar-refractivity contribution in [2.24, 2.45) is 5.73 Å². The number of halogens is 1. The second-order valence-electron chi connectivity index (χ2n) is 5.91. The minimum atomic E-state index is -0.0448. The second-order valence-corrected chi connectivity index (χ2v) is 8.55. The number of thiophene rings is 1. The van der Waals surface area contributed by atoms with Gasteiger partial charge in [0.1, 0.15) is 0 Å². The molecule has 0 fully saturated rings. The normalized spacial score (nSPS) is 13.6. The van der Waals surface area contributed by atoms with Crippen molar-refractivity contribution in [2.45, 2.75) is 39.2 Å². The van der Waals surface area contributed by atoms with Crippen molar-refractivity contribution in [3.63, 3.8) is 0 Å². The van der Waals surface area contributed by atoms with E-state index in [4.69, 9.17) is 5.73 Å². The van der Waals surface area contributed by atoms with Crippen LogP contribution in [0.25, 0.3) is 0 Å². The van der Waals surface area contributed by atoms with Gasteiger partial charge in [0.05, 0.1) is 9.83 Å². The molecule has 0 aliphatic heterocycles. The maximum Gasteiger partial charge on any atom is 0.0704 e. The summed E-state index contributed by atoms with van der Waals surface area (Å²) < 4.78 is 1.14. The van der Waals surface area contributed by atoms with E-state index in [-0.39, 0.29) is 11.5 Å². The highest BCUT2D eigenvalue weighted by atomic mass is 79.9. The predicted octanol–water partition coefficient (Wildman–Crippen LogP) is 5.16. The number of hydrogen-bond donors (Lipinski definition) is 1. The molecule has 0 spiro atoms. The van der Waals surface area contributed by atoms with Crippen LogP contribution in [0.15, 0.2) is 34.1 Å². The molecule has 2 rings (SSSR count). The summed E-state index contributed by atoms with van der Waals surface area (Å²) in [6.07, 6.45) is 0. The van der Waals surface area contributed by atoms with E-state index in [1.807, 2.05) is 0 Å². The summed E-state index contributed by atoms with van der Waals surface area (Å²) in [7, 11) is 0. The lowest BCUT2D eigenvalue weighted by Crippen LogP contribution is -2.14. The largest absolute Gasteiger partial charge is 0.320 e. The molecule has 102 valence electrons. The molecule has 1 aromatic heterocycles. The molecule has 0 saturated carbocycles. The number of hydrogen-bond acceptors (Lipinski definition) is 2. The quantitative estimate of drug-likeness (QED) is 0.804. The van der Waals surface area contributed by atoms with E-state index in [1.165, 1.54) is 21.6 Å². The fourth-order valence-corrected chi connectivity index (χ4v) is 3.89. The van der Waals surface area contributed by atoms with E-state index in [0.29, 0.717) is 0 Å². The fourth-order valence-electron chi connectivity index (χ4n) is 2.14. The third-order valence-corrected chi connectivity index (χ3v) is 4.97. The first kappa shape index (κ1) is 14.8. The fraction of sp³-hybridized carbons (Fsp3) is 0.375. The van der Waals surface area contributed by atoms with Crippen molar-refractivity contribution >= 4 is 27.3 Å². The van der Waals surface area contributed by atoms with Crippen molar-refractivity contribution in [3.8, 4) is 0 Å². The molecule has 2 aromatic rings. The highest BCUT2D eigenvalue weighted by Crippen LogP contribution is 2.33. The average Bonchev–Trinajstić information content (AvgIpc) is 2.66. The van der Waals surface area contributed by atoms with Crippen molar-refractivity contribution in [1.82, 2.24) is 0 Å². The topological polar surface area (TPSA) is 26.0 Å². The Morgan fingerprint density at radius 3 is 2.16 bits per heavy atom. The van der Waals surface area contributed by atoms with Crippen LogP contribution >= 0.6 is 27.3 Å². The first-order valence-corrected chi connectivity index (χ1v) is 8.02. The van der Waals surface area contributed by atoms with Crippen molar-refractivity contribution in [2.75, 3.05) is 0 Å². The van der Waals surface area contributed by atoms with E-state index >= 15 is 0 Å². The molecule has 0 aliphatic rings. The number of benzene rings is 1. The lowest BCUT2D eigenvalue weighted by molar-refractivity contribution is 0.589. The highest BCUT2D eigenvalue weighted by molar-refractivity contribution is 9.11. The number of aryl methyl sites for hydroxylation is 1. The lowest BCUT2D eigenvalue weighted by Gasteiger charge is -2.20. The summed E-state index contributed by atoms with van der Waals surface area (Å²) in [6, 6.07) is 10.8. The number of rotatable bonds is 2. The Morgan fingerprint density at radius 1 is 1.16 bits per heavy atom. The Labute approximate surface area is 128 Å². The Kier molecular flexibility index (Phi) is 4.19. The predicted molar refractivity (Wildman–Crippen MR) is 87.9 cm³/mol. The van der Waals surface area contributed by atoms with Gasteiger partial charge in [0.25, 0.3) is 0 Å². The maximum absolute atomic E-state index is 6.38. The van der Waals surface area contributed by atoms with Gasteiger partial charge in [0, 0.05) is 4.88 Å². The van der Waals surface area contributed by atoms with Crippen LogP contribution in [0.3, 0.4) is 0 Å². The minimum Gasteiger partial charge on any atom is -0.320 e. The van der Waals surface area contributed by atoms with Gasteiger partial charge in [-0.05, 0) is 51.0 Å². The molecule has 19 heavy (non-hydrogen) atoms. The van der Waals surface area contributed by atoms with E-state index < -0.39 is 0 Å². The Morgan fingerprint density at radius 2 is 1.74 bits per heavy atom. The summed E-state index contributed by atoms with van der Waals surface area (Å²) in [5.74, 6) is 0. The Hall–Kier alpha value is -0.640. The molecule has 1 nitrogen and oxygen atoms in total. The van der Waals surface area contributed by atoms with Gasteiger partial charge >= 0.3 is 0 Å². The summed E-state index contributed by atoms with van der Waals surface area (Å²) >= 11 is 5.26. The summed E-state index contributed by atoms with van der Waals surface area (Å²) in [6.45, 7) is 8.79. The van der Waals surface area contributed by atoms with E-state index in [2.05, 4.69) is 74.0 Å². The Balaban J connectivity index is 2.30. The molecule has 3 heteroatoms. The molecule has 0 bridgehead atoms. The van der Waals surface area contributed by atoms with Gasteiger partial charge < -0.3 is 5.73 Å². The Bertz CT molecular complexity index is 563. The molecule has 0 saturated heterocycles. The second kappa shape index (κ2) is 5.39. The van der Waals surface area contributed by atoms with Crippen LogP contribution in [0.2, 0.25) is 0 Å².